The molecule has 0 spiro atoms. The van der Waals surface area contributed by atoms with E-state index < -0.39 is 0 Å². The fraction of sp³-hybridized carbons (Fsp3) is 0. The Morgan fingerprint density at radius 2 is 1.67 bits per heavy atom. The van der Waals surface area contributed by atoms with Gasteiger partial charge in [0, 0.05) is 10.6 Å². The van der Waals surface area contributed by atoms with Gasteiger partial charge in [0.05, 0.1) is 10.7 Å². The summed E-state index contributed by atoms with van der Waals surface area (Å²) in [5.74, 6) is 0. The highest BCUT2D eigenvalue weighted by atomic mass is 35.5. The van der Waals surface area contributed by atoms with Crippen molar-refractivity contribution >= 4 is 34.8 Å². The first-order valence-corrected chi connectivity index (χ1v) is 5.25. The van der Waals surface area contributed by atoms with Crippen LogP contribution in [0.2, 0.25) is 15.2 Å². The van der Waals surface area contributed by atoms with E-state index in [0.717, 1.165) is 5.56 Å². The van der Waals surface area contributed by atoms with Crippen molar-refractivity contribution in [2.45, 2.75) is 0 Å². The standard InChI is InChI=1S/C10H5Cl3N2/c11-6-1-2-8(12)7(5-6)9-3-4-10(13)15-14-9/h1-5H. The van der Waals surface area contributed by atoms with Gasteiger partial charge in [0.15, 0.2) is 5.15 Å². The molecule has 2 aromatic rings. The van der Waals surface area contributed by atoms with Gasteiger partial charge in [-0.15, -0.1) is 10.2 Å². The zero-order valence-electron chi connectivity index (χ0n) is 7.42. The minimum absolute atomic E-state index is 0.344. The molecule has 0 atom stereocenters. The average molecular weight is 260 g/mol. The summed E-state index contributed by atoms with van der Waals surface area (Å²) in [5.41, 5.74) is 1.39. The van der Waals surface area contributed by atoms with Crippen molar-refractivity contribution in [1.29, 1.82) is 0 Å². The SMILES string of the molecule is Clc1ccc(Cl)c(-c2ccc(Cl)nn2)c1. The van der Waals surface area contributed by atoms with Gasteiger partial charge in [0.25, 0.3) is 0 Å². The van der Waals surface area contributed by atoms with E-state index in [1.165, 1.54) is 0 Å². The molecule has 0 amide bonds. The molecule has 0 bridgehead atoms. The largest absolute Gasteiger partial charge is 0.151 e. The van der Waals surface area contributed by atoms with E-state index >= 15 is 0 Å². The van der Waals surface area contributed by atoms with Crippen molar-refractivity contribution in [3.63, 3.8) is 0 Å². The topological polar surface area (TPSA) is 25.8 Å². The lowest BCUT2D eigenvalue weighted by molar-refractivity contribution is 1.04. The van der Waals surface area contributed by atoms with Gasteiger partial charge < -0.3 is 0 Å². The summed E-state index contributed by atoms with van der Waals surface area (Å²) in [4.78, 5) is 0. The molecular weight excluding hydrogens is 254 g/mol. The maximum Gasteiger partial charge on any atom is 0.151 e. The van der Waals surface area contributed by atoms with Crippen LogP contribution in [0.15, 0.2) is 30.3 Å². The zero-order chi connectivity index (χ0) is 10.8. The number of hydrogen-bond donors (Lipinski definition) is 0. The molecule has 5 heteroatoms. The molecule has 2 rings (SSSR count). The average Bonchev–Trinajstić information content (AvgIpc) is 2.23. The smallest absolute Gasteiger partial charge is 0.149 e. The fourth-order valence-corrected chi connectivity index (χ4v) is 1.64. The molecule has 0 unspecified atom stereocenters. The molecular formula is C10H5Cl3N2. The van der Waals surface area contributed by atoms with Gasteiger partial charge in [-0.05, 0) is 30.3 Å². The Hall–Kier alpha value is -0.830. The van der Waals surface area contributed by atoms with E-state index in [2.05, 4.69) is 10.2 Å². The molecule has 0 fully saturated rings. The monoisotopic (exact) mass is 258 g/mol. The summed E-state index contributed by atoms with van der Waals surface area (Å²) in [6.45, 7) is 0. The summed E-state index contributed by atoms with van der Waals surface area (Å²) < 4.78 is 0. The van der Waals surface area contributed by atoms with E-state index in [9.17, 15) is 0 Å². The Morgan fingerprint density at radius 1 is 0.867 bits per heavy atom. The second-order valence-corrected chi connectivity index (χ2v) is 4.10. The van der Waals surface area contributed by atoms with E-state index in [4.69, 9.17) is 34.8 Å². The lowest BCUT2D eigenvalue weighted by Gasteiger charge is -2.03. The Bertz CT molecular complexity index is 483. The first-order valence-electron chi connectivity index (χ1n) is 4.11. The molecule has 0 radical (unpaired) electrons. The summed E-state index contributed by atoms with van der Waals surface area (Å²) in [6.07, 6.45) is 0. The maximum atomic E-state index is 6.01. The lowest BCUT2D eigenvalue weighted by Crippen LogP contribution is -1.88. The van der Waals surface area contributed by atoms with E-state index in [-0.39, 0.29) is 0 Å². The second-order valence-electron chi connectivity index (χ2n) is 2.87. The molecule has 2 nitrogen and oxygen atoms in total. The Balaban J connectivity index is 2.53. The number of hydrogen-bond acceptors (Lipinski definition) is 2. The normalized spacial score (nSPS) is 10.3. The predicted molar refractivity (Wildman–Crippen MR) is 62.5 cm³/mol. The summed E-state index contributed by atoms with van der Waals surface area (Å²) in [5, 5.41) is 9.19. The van der Waals surface area contributed by atoms with Crippen molar-refractivity contribution in [1.82, 2.24) is 10.2 Å². The van der Waals surface area contributed by atoms with Crippen LogP contribution in [0.25, 0.3) is 11.3 Å². The van der Waals surface area contributed by atoms with E-state index in [0.29, 0.717) is 20.9 Å². The fourth-order valence-electron chi connectivity index (χ4n) is 1.15. The van der Waals surface area contributed by atoms with Gasteiger partial charge in [-0.25, -0.2) is 0 Å². The van der Waals surface area contributed by atoms with Gasteiger partial charge in [-0.2, -0.15) is 0 Å². The minimum Gasteiger partial charge on any atom is -0.149 e. The maximum absolute atomic E-state index is 6.01. The minimum atomic E-state index is 0.344. The molecule has 0 aliphatic rings. The van der Waals surface area contributed by atoms with Gasteiger partial charge >= 0.3 is 0 Å². The molecule has 1 heterocycles. The zero-order valence-corrected chi connectivity index (χ0v) is 9.68. The van der Waals surface area contributed by atoms with Crippen molar-refractivity contribution in [3.8, 4) is 11.3 Å². The summed E-state index contributed by atoms with van der Waals surface area (Å²) in [7, 11) is 0. The van der Waals surface area contributed by atoms with E-state index in [1.807, 2.05) is 0 Å². The summed E-state index contributed by atoms with van der Waals surface area (Å²) >= 11 is 17.5. The first-order chi connectivity index (χ1) is 7.16. The van der Waals surface area contributed by atoms with Crippen molar-refractivity contribution in [2.75, 3.05) is 0 Å². The molecule has 0 saturated carbocycles. The number of nitrogens with zero attached hydrogens (tertiary/aromatic N) is 2. The molecule has 0 aliphatic carbocycles. The number of halogens is 3. The molecule has 0 saturated heterocycles. The van der Waals surface area contributed by atoms with E-state index in [1.54, 1.807) is 30.3 Å². The predicted octanol–water partition coefficient (Wildman–Crippen LogP) is 4.10. The second kappa shape index (κ2) is 4.35. The highest BCUT2D eigenvalue weighted by Crippen LogP contribution is 2.28. The molecule has 0 aliphatic heterocycles. The lowest BCUT2D eigenvalue weighted by atomic mass is 10.1. The highest BCUT2D eigenvalue weighted by molar-refractivity contribution is 6.35. The van der Waals surface area contributed by atoms with Gasteiger partial charge in [0.1, 0.15) is 0 Å². The third-order valence-electron chi connectivity index (χ3n) is 1.84. The van der Waals surface area contributed by atoms with Crippen LogP contribution in [0.1, 0.15) is 0 Å². The van der Waals surface area contributed by atoms with Crippen molar-refractivity contribution < 1.29 is 0 Å². The number of benzene rings is 1. The van der Waals surface area contributed by atoms with Crippen LogP contribution in [0.4, 0.5) is 0 Å². The van der Waals surface area contributed by atoms with Crippen molar-refractivity contribution in [3.05, 3.63) is 45.5 Å². The highest BCUT2D eigenvalue weighted by Gasteiger charge is 2.06. The van der Waals surface area contributed by atoms with Crippen LogP contribution in [0.5, 0.6) is 0 Å². The number of aromatic nitrogens is 2. The quantitative estimate of drug-likeness (QED) is 0.770. The Morgan fingerprint density at radius 3 is 2.33 bits per heavy atom. The third kappa shape index (κ3) is 2.40. The molecule has 1 aromatic heterocycles. The Kier molecular flexibility index (Phi) is 3.10. The molecule has 1 aromatic carbocycles. The third-order valence-corrected chi connectivity index (χ3v) is 2.60. The Labute approximate surface area is 102 Å². The van der Waals surface area contributed by atoms with Gasteiger partial charge in [-0.1, -0.05) is 34.8 Å². The molecule has 76 valence electrons. The van der Waals surface area contributed by atoms with Crippen LogP contribution in [-0.2, 0) is 0 Å². The van der Waals surface area contributed by atoms with Gasteiger partial charge in [0.2, 0.25) is 0 Å². The van der Waals surface area contributed by atoms with Crippen molar-refractivity contribution in [2.24, 2.45) is 0 Å². The molecule has 0 N–H and O–H groups in total. The van der Waals surface area contributed by atoms with Crippen LogP contribution in [0.3, 0.4) is 0 Å². The molecule has 15 heavy (non-hydrogen) atoms. The number of rotatable bonds is 1. The first kappa shape index (κ1) is 10.7. The van der Waals surface area contributed by atoms with Crippen LogP contribution in [-0.4, -0.2) is 10.2 Å². The van der Waals surface area contributed by atoms with Crippen LogP contribution >= 0.6 is 34.8 Å². The van der Waals surface area contributed by atoms with Crippen LogP contribution < -0.4 is 0 Å². The summed E-state index contributed by atoms with van der Waals surface area (Å²) in [6, 6.07) is 8.57. The van der Waals surface area contributed by atoms with Gasteiger partial charge in [-0.3, -0.25) is 0 Å². The van der Waals surface area contributed by atoms with Crippen LogP contribution in [0, 0.1) is 0 Å².